The fourth-order valence-corrected chi connectivity index (χ4v) is 5.81. The van der Waals surface area contributed by atoms with Crippen LogP contribution >= 0.6 is 0 Å². The summed E-state index contributed by atoms with van der Waals surface area (Å²) in [5.74, 6) is -0.136. The Morgan fingerprint density at radius 1 is 1.00 bits per heavy atom. The van der Waals surface area contributed by atoms with E-state index in [2.05, 4.69) is 39.2 Å². The summed E-state index contributed by atoms with van der Waals surface area (Å²) in [6.07, 6.45) is 4.28. The molecule has 2 aliphatic heterocycles. The Morgan fingerprint density at radius 3 is 2.23 bits per heavy atom. The van der Waals surface area contributed by atoms with E-state index in [9.17, 15) is 13.2 Å². The standard InChI is InChI=1S/C23H29N3O3S/c1-2-24-30(28,29)22-12-8-18(9-13-22)23(27)25-19-14-20-10-11-21(15-19)26(20)16-17-6-4-3-5-7-17/h3-9,12-13,19-21,24H,2,10-11,14-16H2,1H3,(H,25,27). The zero-order valence-corrected chi connectivity index (χ0v) is 18.1. The van der Waals surface area contributed by atoms with Gasteiger partial charge < -0.3 is 5.32 Å². The lowest BCUT2D eigenvalue weighted by Crippen LogP contribution is -2.49. The Bertz CT molecular complexity index is 963. The van der Waals surface area contributed by atoms with Crippen LogP contribution in [-0.4, -0.2) is 43.9 Å². The third-order valence-corrected chi connectivity index (χ3v) is 7.75. The minimum absolute atomic E-state index is 0.136. The Balaban J connectivity index is 1.36. The second-order valence-electron chi connectivity index (χ2n) is 8.21. The third kappa shape index (κ3) is 4.58. The van der Waals surface area contributed by atoms with Crippen molar-refractivity contribution in [1.29, 1.82) is 0 Å². The van der Waals surface area contributed by atoms with Gasteiger partial charge in [-0.05, 0) is 55.5 Å². The molecule has 0 aromatic heterocycles. The maximum atomic E-state index is 12.7. The number of nitrogens with zero attached hydrogens (tertiary/aromatic N) is 1. The first-order valence-corrected chi connectivity index (χ1v) is 12.1. The molecular formula is C23H29N3O3S. The topological polar surface area (TPSA) is 78.5 Å². The van der Waals surface area contributed by atoms with Gasteiger partial charge in [0.05, 0.1) is 4.90 Å². The van der Waals surface area contributed by atoms with Crippen molar-refractivity contribution in [3.05, 3.63) is 65.7 Å². The van der Waals surface area contributed by atoms with Crippen LogP contribution in [0, 0.1) is 0 Å². The van der Waals surface area contributed by atoms with Crippen molar-refractivity contribution in [3.8, 4) is 0 Å². The van der Waals surface area contributed by atoms with E-state index < -0.39 is 10.0 Å². The van der Waals surface area contributed by atoms with Crippen molar-refractivity contribution in [2.75, 3.05) is 6.54 Å². The van der Waals surface area contributed by atoms with E-state index in [0.29, 0.717) is 24.2 Å². The highest BCUT2D eigenvalue weighted by molar-refractivity contribution is 7.89. The quantitative estimate of drug-likeness (QED) is 0.712. The molecule has 2 aromatic rings. The molecule has 2 fully saturated rings. The van der Waals surface area contributed by atoms with Gasteiger partial charge in [-0.2, -0.15) is 0 Å². The second-order valence-corrected chi connectivity index (χ2v) is 9.98. The summed E-state index contributed by atoms with van der Waals surface area (Å²) in [5, 5.41) is 3.17. The molecule has 1 amide bonds. The number of nitrogens with one attached hydrogen (secondary N) is 2. The summed E-state index contributed by atoms with van der Waals surface area (Å²) in [5.41, 5.74) is 1.83. The number of amides is 1. The number of carbonyl (C=O) groups excluding carboxylic acids is 1. The highest BCUT2D eigenvalue weighted by atomic mass is 32.2. The van der Waals surface area contributed by atoms with Crippen LogP contribution in [-0.2, 0) is 16.6 Å². The first-order chi connectivity index (χ1) is 14.5. The van der Waals surface area contributed by atoms with Gasteiger partial charge in [-0.3, -0.25) is 9.69 Å². The summed E-state index contributed by atoms with van der Waals surface area (Å²) in [6.45, 7) is 3.03. The van der Waals surface area contributed by atoms with E-state index in [1.165, 1.54) is 30.5 Å². The number of carbonyl (C=O) groups is 1. The average Bonchev–Trinajstić information content (AvgIpc) is 2.96. The number of hydrogen-bond acceptors (Lipinski definition) is 4. The molecule has 2 atom stereocenters. The molecule has 4 rings (SSSR count). The zero-order valence-electron chi connectivity index (χ0n) is 17.3. The lowest BCUT2D eigenvalue weighted by atomic mass is 9.96. The number of benzene rings is 2. The Labute approximate surface area is 178 Å². The van der Waals surface area contributed by atoms with Crippen molar-refractivity contribution >= 4 is 15.9 Å². The largest absolute Gasteiger partial charge is 0.349 e. The molecule has 7 heteroatoms. The lowest BCUT2D eigenvalue weighted by Gasteiger charge is -2.39. The fourth-order valence-electron chi connectivity index (χ4n) is 4.77. The molecule has 0 aliphatic carbocycles. The summed E-state index contributed by atoms with van der Waals surface area (Å²) in [4.78, 5) is 15.5. The molecule has 2 heterocycles. The fraction of sp³-hybridized carbons (Fsp3) is 0.435. The summed E-state index contributed by atoms with van der Waals surface area (Å²) >= 11 is 0. The van der Waals surface area contributed by atoms with Crippen molar-refractivity contribution < 1.29 is 13.2 Å². The Hall–Kier alpha value is -2.22. The van der Waals surface area contributed by atoms with Gasteiger partial charge in [-0.25, -0.2) is 13.1 Å². The van der Waals surface area contributed by atoms with Crippen molar-refractivity contribution in [1.82, 2.24) is 14.9 Å². The van der Waals surface area contributed by atoms with Gasteiger partial charge in [-0.1, -0.05) is 37.3 Å². The van der Waals surface area contributed by atoms with Crippen LogP contribution in [0.4, 0.5) is 0 Å². The van der Waals surface area contributed by atoms with Crippen LogP contribution < -0.4 is 10.0 Å². The van der Waals surface area contributed by atoms with Crippen LogP contribution in [0.2, 0.25) is 0 Å². The van der Waals surface area contributed by atoms with Gasteiger partial charge in [0.2, 0.25) is 10.0 Å². The number of hydrogen-bond donors (Lipinski definition) is 2. The minimum atomic E-state index is -3.51. The van der Waals surface area contributed by atoms with Gasteiger partial charge in [0.1, 0.15) is 0 Å². The van der Waals surface area contributed by atoms with E-state index in [0.717, 1.165) is 19.4 Å². The number of sulfonamides is 1. The minimum Gasteiger partial charge on any atom is -0.349 e. The molecule has 160 valence electrons. The van der Waals surface area contributed by atoms with E-state index in [4.69, 9.17) is 0 Å². The maximum absolute atomic E-state index is 12.7. The van der Waals surface area contributed by atoms with Crippen molar-refractivity contribution in [2.24, 2.45) is 0 Å². The molecule has 2 N–H and O–H groups in total. The molecule has 2 bridgehead atoms. The van der Waals surface area contributed by atoms with E-state index in [1.807, 2.05) is 6.07 Å². The van der Waals surface area contributed by atoms with E-state index in [-0.39, 0.29) is 16.8 Å². The van der Waals surface area contributed by atoms with Gasteiger partial charge in [0, 0.05) is 36.8 Å². The van der Waals surface area contributed by atoms with E-state index >= 15 is 0 Å². The van der Waals surface area contributed by atoms with Gasteiger partial charge in [0.15, 0.2) is 0 Å². The molecule has 6 nitrogen and oxygen atoms in total. The van der Waals surface area contributed by atoms with Gasteiger partial charge in [0.25, 0.3) is 5.91 Å². The van der Waals surface area contributed by atoms with Crippen LogP contribution in [0.5, 0.6) is 0 Å². The molecule has 0 saturated carbocycles. The highest BCUT2D eigenvalue weighted by Gasteiger charge is 2.40. The van der Waals surface area contributed by atoms with Gasteiger partial charge in [-0.15, -0.1) is 0 Å². The Kier molecular flexibility index (Phi) is 6.22. The molecule has 2 saturated heterocycles. The first kappa shape index (κ1) is 21.0. The normalized spacial score (nSPS) is 24.0. The number of rotatable bonds is 7. The van der Waals surface area contributed by atoms with Crippen LogP contribution in [0.15, 0.2) is 59.5 Å². The molecule has 0 radical (unpaired) electrons. The first-order valence-electron chi connectivity index (χ1n) is 10.7. The molecule has 2 aliphatic rings. The lowest BCUT2D eigenvalue weighted by molar-refractivity contribution is 0.0827. The molecule has 30 heavy (non-hydrogen) atoms. The van der Waals surface area contributed by atoms with Crippen LogP contribution in [0.1, 0.15) is 48.5 Å². The van der Waals surface area contributed by atoms with E-state index in [1.54, 1.807) is 19.1 Å². The second kappa shape index (κ2) is 8.88. The smallest absolute Gasteiger partial charge is 0.251 e. The molecular weight excluding hydrogens is 398 g/mol. The monoisotopic (exact) mass is 427 g/mol. The number of fused-ring (bicyclic) bond motifs is 2. The zero-order chi connectivity index (χ0) is 21.1. The predicted octanol–water partition coefficient (Wildman–Crippen LogP) is 2.91. The summed E-state index contributed by atoms with van der Waals surface area (Å²) in [7, 11) is -3.51. The molecule has 0 spiro atoms. The predicted molar refractivity (Wildman–Crippen MR) is 117 cm³/mol. The highest BCUT2D eigenvalue weighted by Crippen LogP contribution is 2.37. The molecule has 2 aromatic carbocycles. The molecule has 2 unspecified atom stereocenters. The third-order valence-electron chi connectivity index (χ3n) is 6.19. The summed E-state index contributed by atoms with van der Waals surface area (Å²) in [6, 6.07) is 17.9. The maximum Gasteiger partial charge on any atom is 0.251 e. The Morgan fingerprint density at radius 2 is 1.63 bits per heavy atom. The summed E-state index contributed by atoms with van der Waals surface area (Å²) < 4.78 is 26.6. The van der Waals surface area contributed by atoms with Crippen LogP contribution in [0.3, 0.4) is 0 Å². The van der Waals surface area contributed by atoms with Crippen molar-refractivity contribution in [2.45, 2.75) is 62.2 Å². The van der Waals surface area contributed by atoms with Crippen LogP contribution in [0.25, 0.3) is 0 Å². The number of piperidine rings is 1. The average molecular weight is 428 g/mol. The van der Waals surface area contributed by atoms with Crippen molar-refractivity contribution in [3.63, 3.8) is 0 Å². The SMILES string of the molecule is CCNS(=O)(=O)c1ccc(C(=O)NC2CC3CCC(C2)N3Cc2ccccc2)cc1. The van der Waals surface area contributed by atoms with Gasteiger partial charge >= 0.3 is 0 Å².